The van der Waals surface area contributed by atoms with Crippen LogP contribution in [-0.4, -0.2) is 45.1 Å². The Bertz CT molecular complexity index is 435. The first-order valence-electron chi connectivity index (χ1n) is 7.83. The van der Waals surface area contributed by atoms with Gasteiger partial charge in [0.2, 0.25) is 0 Å². The van der Waals surface area contributed by atoms with Crippen LogP contribution in [0.3, 0.4) is 0 Å². The van der Waals surface area contributed by atoms with Gasteiger partial charge in [-0.1, -0.05) is 20.8 Å². The summed E-state index contributed by atoms with van der Waals surface area (Å²) in [4.78, 5) is 11.2. The minimum atomic E-state index is -3.30. The first-order chi connectivity index (χ1) is 9.81. The number of carbonyl (C=O) groups is 1. The molecule has 1 aliphatic rings. The van der Waals surface area contributed by atoms with Gasteiger partial charge in [0, 0.05) is 6.04 Å². The molecule has 0 spiro atoms. The molecule has 6 heteroatoms. The normalized spacial score (nSPS) is 30.1. The van der Waals surface area contributed by atoms with Gasteiger partial charge in [0.25, 0.3) is 0 Å². The van der Waals surface area contributed by atoms with Gasteiger partial charge in [0.05, 0.1) is 24.5 Å². The molecule has 1 N–H and O–H groups in total. The maximum Gasteiger partial charge on any atom is 0.306 e. The van der Waals surface area contributed by atoms with Crippen molar-refractivity contribution < 1.29 is 17.9 Å². The van der Waals surface area contributed by atoms with Gasteiger partial charge in [-0.2, -0.15) is 0 Å². The average Bonchev–Trinajstić information content (AvgIpc) is 2.41. The number of carbonyl (C=O) groups excluding carboxylic acids is 1. The SMILES string of the molecule is CCCNC1CC(C)CC(C)C1S(=O)(=O)CCC(=O)OC. The number of sulfone groups is 1. The van der Waals surface area contributed by atoms with Crippen molar-refractivity contribution in [2.75, 3.05) is 19.4 Å². The Morgan fingerprint density at radius 2 is 1.95 bits per heavy atom. The minimum Gasteiger partial charge on any atom is -0.469 e. The van der Waals surface area contributed by atoms with Gasteiger partial charge >= 0.3 is 5.97 Å². The smallest absolute Gasteiger partial charge is 0.306 e. The van der Waals surface area contributed by atoms with Crippen molar-refractivity contribution in [1.29, 1.82) is 0 Å². The molecule has 5 nitrogen and oxygen atoms in total. The van der Waals surface area contributed by atoms with E-state index in [0.29, 0.717) is 5.92 Å². The quantitative estimate of drug-likeness (QED) is 0.724. The summed E-state index contributed by atoms with van der Waals surface area (Å²) in [6, 6.07) is -0.00801. The molecule has 0 aromatic rings. The van der Waals surface area contributed by atoms with E-state index in [1.54, 1.807) is 0 Å². The maximum absolute atomic E-state index is 12.6. The second kappa shape index (κ2) is 8.13. The summed E-state index contributed by atoms with van der Waals surface area (Å²) >= 11 is 0. The summed E-state index contributed by atoms with van der Waals surface area (Å²) in [5, 5.41) is 3.00. The number of hydrogen-bond donors (Lipinski definition) is 1. The molecule has 0 aromatic carbocycles. The number of rotatable bonds is 7. The third-order valence-electron chi connectivity index (χ3n) is 4.28. The van der Waals surface area contributed by atoms with Gasteiger partial charge in [-0.3, -0.25) is 4.79 Å². The van der Waals surface area contributed by atoms with Crippen molar-refractivity contribution in [3.05, 3.63) is 0 Å². The third kappa shape index (κ3) is 5.25. The summed E-state index contributed by atoms with van der Waals surface area (Å²) in [5.41, 5.74) is 0. The zero-order chi connectivity index (χ0) is 16.0. The zero-order valence-electron chi connectivity index (χ0n) is 13.6. The van der Waals surface area contributed by atoms with Crippen LogP contribution in [0.1, 0.15) is 46.5 Å². The molecule has 4 atom stereocenters. The predicted octanol–water partition coefficient (Wildman–Crippen LogP) is 1.77. The second-order valence-corrected chi connectivity index (χ2v) is 8.55. The highest BCUT2D eigenvalue weighted by molar-refractivity contribution is 7.92. The fourth-order valence-electron chi connectivity index (χ4n) is 3.43. The lowest BCUT2D eigenvalue weighted by Gasteiger charge is -2.39. The molecule has 0 bridgehead atoms. The van der Waals surface area contributed by atoms with Crippen LogP contribution in [0.2, 0.25) is 0 Å². The molecule has 1 aliphatic carbocycles. The Morgan fingerprint density at radius 1 is 1.29 bits per heavy atom. The third-order valence-corrected chi connectivity index (χ3v) is 6.67. The monoisotopic (exact) mass is 319 g/mol. The topological polar surface area (TPSA) is 72.5 Å². The largest absolute Gasteiger partial charge is 0.469 e. The molecule has 21 heavy (non-hydrogen) atoms. The molecular weight excluding hydrogens is 290 g/mol. The molecule has 1 saturated carbocycles. The maximum atomic E-state index is 12.6. The summed E-state index contributed by atoms with van der Waals surface area (Å²) in [6.45, 7) is 7.08. The molecule has 1 rings (SSSR count). The average molecular weight is 319 g/mol. The van der Waals surface area contributed by atoms with E-state index in [0.717, 1.165) is 25.8 Å². The standard InChI is InChI=1S/C15H29NO4S/c1-5-7-16-13-10-11(2)9-12(3)15(13)21(18,19)8-6-14(17)20-4/h11-13,15-16H,5-10H2,1-4H3. The molecule has 124 valence electrons. The van der Waals surface area contributed by atoms with Crippen molar-refractivity contribution in [2.24, 2.45) is 11.8 Å². The number of ether oxygens (including phenoxy) is 1. The zero-order valence-corrected chi connectivity index (χ0v) is 14.4. The summed E-state index contributed by atoms with van der Waals surface area (Å²) in [7, 11) is -2.02. The van der Waals surface area contributed by atoms with Crippen molar-refractivity contribution in [3.8, 4) is 0 Å². The van der Waals surface area contributed by atoms with Crippen LogP contribution in [-0.2, 0) is 19.4 Å². The van der Waals surface area contributed by atoms with E-state index in [1.807, 2.05) is 6.92 Å². The lowest BCUT2D eigenvalue weighted by Crippen LogP contribution is -2.52. The predicted molar refractivity (Wildman–Crippen MR) is 83.9 cm³/mol. The Labute approximate surface area is 128 Å². The van der Waals surface area contributed by atoms with Gasteiger partial charge < -0.3 is 10.1 Å². The molecule has 0 aromatic heterocycles. The van der Waals surface area contributed by atoms with E-state index in [9.17, 15) is 13.2 Å². The number of methoxy groups -OCH3 is 1. The summed E-state index contributed by atoms with van der Waals surface area (Å²) in [5.74, 6) is 0.0635. The van der Waals surface area contributed by atoms with Gasteiger partial charge in [-0.25, -0.2) is 8.42 Å². The van der Waals surface area contributed by atoms with Crippen LogP contribution < -0.4 is 5.32 Å². The van der Waals surface area contributed by atoms with E-state index >= 15 is 0 Å². The van der Waals surface area contributed by atoms with Crippen molar-refractivity contribution >= 4 is 15.8 Å². The molecular formula is C15H29NO4S. The van der Waals surface area contributed by atoms with Crippen LogP contribution in [0.15, 0.2) is 0 Å². The number of nitrogens with one attached hydrogen (secondary N) is 1. The van der Waals surface area contributed by atoms with Crippen molar-refractivity contribution in [3.63, 3.8) is 0 Å². The fraction of sp³-hybridized carbons (Fsp3) is 0.933. The van der Waals surface area contributed by atoms with Crippen molar-refractivity contribution in [1.82, 2.24) is 5.32 Å². The van der Waals surface area contributed by atoms with Crippen LogP contribution in [0, 0.1) is 11.8 Å². The Kier molecular flexibility index (Phi) is 7.13. The Balaban J connectivity index is 2.83. The number of esters is 1. The molecule has 0 aliphatic heterocycles. The highest BCUT2D eigenvalue weighted by Gasteiger charge is 2.41. The summed E-state index contributed by atoms with van der Waals surface area (Å²) < 4.78 is 29.8. The molecule has 4 unspecified atom stereocenters. The van der Waals surface area contributed by atoms with Crippen LogP contribution in [0.4, 0.5) is 0 Å². The molecule has 0 amide bonds. The highest BCUT2D eigenvalue weighted by Crippen LogP contribution is 2.34. The van der Waals surface area contributed by atoms with Crippen LogP contribution in [0.5, 0.6) is 0 Å². The van der Waals surface area contributed by atoms with Gasteiger partial charge in [-0.15, -0.1) is 0 Å². The highest BCUT2D eigenvalue weighted by atomic mass is 32.2. The van der Waals surface area contributed by atoms with Gasteiger partial charge in [0.1, 0.15) is 0 Å². The van der Waals surface area contributed by atoms with E-state index in [2.05, 4.69) is 23.9 Å². The van der Waals surface area contributed by atoms with Crippen LogP contribution >= 0.6 is 0 Å². The Hall–Kier alpha value is -0.620. The van der Waals surface area contributed by atoms with E-state index in [1.165, 1.54) is 7.11 Å². The molecule has 0 radical (unpaired) electrons. The van der Waals surface area contributed by atoms with E-state index in [-0.39, 0.29) is 24.1 Å². The van der Waals surface area contributed by atoms with E-state index < -0.39 is 21.1 Å². The van der Waals surface area contributed by atoms with Crippen molar-refractivity contribution in [2.45, 2.75) is 57.7 Å². The van der Waals surface area contributed by atoms with Gasteiger partial charge in [-0.05, 0) is 37.6 Å². The first-order valence-corrected chi connectivity index (χ1v) is 9.55. The number of hydrogen-bond acceptors (Lipinski definition) is 5. The first kappa shape index (κ1) is 18.4. The molecule has 0 heterocycles. The van der Waals surface area contributed by atoms with Gasteiger partial charge in [0.15, 0.2) is 9.84 Å². The fourth-order valence-corrected chi connectivity index (χ4v) is 5.68. The van der Waals surface area contributed by atoms with Crippen LogP contribution in [0.25, 0.3) is 0 Å². The molecule has 1 fully saturated rings. The minimum absolute atomic E-state index is 0.00801. The lowest BCUT2D eigenvalue weighted by molar-refractivity contribution is -0.140. The van der Waals surface area contributed by atoms with E-state index in [4.69, 9.17) is 0 Å². The lowest BCUT2D eigenvalue weighted by atomic mass is 9.80. The Morgan fingerprint density at radius 3 is 2.52 bits per heavy atom. The molecule has 0 saturated heterocycles. The summed E-state index contributed by atoms with van der Waals surface area (Å²) in [6.07, 6.45) is 2.73. The second-order valence-electron chi connectivity index (χ2n) is 6.27.